The molecule has 0 saturated heterocycles. The molecule has 0 radical (unpaired) electrons. The molecular formula is C33H32O7. The van der Waals surface area contributed by atoms with Crippen LogP contribution in [0, 0.1) is 0 Å². The fourth-order valence-corrected chi connectivity index (χ4v) is 3.69. The van der Waals surface area contributed by atoms with Gasteiger partial charge in [-0.15, -0.1) is 0 Å². The Hall–Kier alpha value is -4.75. The molecule has 0 heterocycles. The highest BCUT2D eigenvalue weighted by atomic mass is 16.5. The molecular weight excluding hydrogens is 508 g/mol. The van der Waals surface area contributed by atoms with E-state index in [1.165, 1.54) is 7.11 Å². The third-order valence-electron chi connectivity index (χ3n) is 5.84. The molecule has 0 aliphatic rings. The summed E-state index contributed by atoms with van der Waals surface area (Å²) in [4.78, 5) is 36.6. The number of methoxy groups -OCH3 is 1. The molecule has 3 aromatic carbocycles. The fraction of sp³-hybridized carbons (Fsp3) is 0.182. The number of carbonyl (C=O) groups is 3. The lowest BCUT2D eigenvalue weighted by Gasteiger charge is -2.17. The monoisotopic (exact) mass is 540 g/mol. The van der Waals surface area contributed by atoms with Crippen LogP contribution in [0.2, 0.25) is 0 Å². The van der Waals surface area contributed by atoms with E-state index >= 15 is 0 Å². The van der Waals surface area contributed by atoms with Crippen LogP contribution in [0.4, 0.5) is 0 Å². The smallest absolute Gasteiger partial charge is 0.341 e. The zero-order chi connectivity index (χ0) is 29.4. The Morgan fingerprint density at radius 3 is 1.57 bits per heavy atom. The maximum atomic E-state index is 12.8. The summed E-state index contributed by atoms with van der Waals surface area (Å²) < 4.78 is 21.5. The molecule has 206 valence electrons. The summed E-state index contributed by atoms with van der Waals surface area (Å²) in [5.41, 5.74) is 4.86. The molecule has 3 aromatic rings. The minimum Gasteiger partial charge on any atom is -0.423 e. The molecule has 7 nitrogen and oxygen atoms in total. The highest BCUT2D eigenvalue weighted by Gasteiger charge is 2.18. The molecule has 7 heteroatoms. The van der Waals surface area contributed by atoms with Crippen molar-refractivity contribution >= 4 is 17.9 Å². The van der Waals surface area contributed by atoms with Gasteiger partial charge in [0, 0.05) is 23.8 Å². The number of ether oxygens (including phenoxy) is 4. The van der Waals surface area contributed by atoms with Crippen LogP contribution in [0.5, 0.6) is 17.2 Å². The van der Waals surface area contributed by atoms with Crippen molar-refractivity contribution in [3.05, 3.63) is 103 Å². The van der Waals surface area contributed by atoms with Crippen LogP contribution in [0.15, 0.2) is 97.1 Å². The zero-order valence-electron chi connectivity index (χ0n) is 23.2. The summed E-state index contributed by atoms with van der Waals surface area (Å²) in [6.07, 6.45) is 0.688. The maximum Gasteiger partial charge on any atom is 0.341 e. The van der Waals surface area contributed by atoms with E-state index in [4.69, 9.17) is 18.9 Å². The van der Waals surface area contributed by atoms with Gasteiger partial charge in [-0.05, 0) is 78.9 Å². The summed E-state index contributed by atoms with van der Waals surface area (Å²) in [5.74, 6) is -0.564. The maximum absolute atomic E-state index is 12.8. The summed E-state index contributed by atoms with van der Waals surface area (Å²) in [6, 6.07) is 17.7. The van der Waals surface area contributed by atoms with Crippen LogP contribution in [0.3, 0.4) is 0 Å². The van der Waals surface area contributed by atoms with Gasteiger partial charge in [-0.3, -0.25) is 0 Å². The molecule has 0 spiro atoms. The standard InChI is InChI=1S/C33H32O7/c1-8-23-17-29(25-11-15-27(16-12-25)39-32(35)21(4)5)30(40-33(36)22(6)19-37-7)18-28(23)24-9-13-26(14-10-24)38-31(34)20(2)3/h9-18H,2,4,6,8,19H2,1,3,5,7H3. The molecule has 3 rings (SSSR count). The largest absolute Gasteiger partial charge is 0.423 e. The lowest BCUT2D eigenvalue weighted by atomic mass is 9.92. The first-order valence-electron chi connectivity index (χ1n) is 12.6. The van der Waals surface area contributed by atoms with Crippen molar-refractivity contribution in [3.63, 3.8) is 0 Å². The molecule has 0 aliphatic heterocycles. The number of hydrogen-bond donors (Lipinski definition) is 0. The van der Waals surface area contributed by atoms with Gasteiger partial charge in [-0.2, -0.15) is 0 Å². The highest BCUT2D eigenvalue weighted by Crippen LogP contribution is 2.39. The second kappa shape index (κ2) is 13.4. The summed E-state index contributed by atoms with van der Waals surface area (Å²) in [5, 5.41) is 0. The minimum absolute atomic E-state index is 0.0290. The van der Waals surface area contributed by atoms with Crippen LogP contribution in [-0.2, 0) is 25.5 Å². The first kappa shape index (κ1) is 29.8. The Kier molecular flexibility index (Phi) is 9.95. The normalized spacial score (nSPS) is 10.4. The Morgan fingerprint density at radius 2 is 1.15 bits per heavy atom. The summed E-state index contributed by atoms with van der Waals surface area (Å²) >= 11 is 0. The Bertz CT molecular complexity index is 1460. The van der Waals surface area contributed by atoms with Crippen LogP contribution in [-0.4, -0.2) is 31.6 Å². The SMILES string of the molecule is C=C(C)C(=O)Oc1ccc(-c2cc(OC(=O)C(=C)COC)c(-c3ccc(OC(=O)C(=C)C)cc3)cc2CC)cc1. The Morgan fingerprint density at radius 1 is 0.675 bits per heavy atom. The van der Waals surface area contributed by atoms with Crippen LogP contribution in [0.1, 0.15) is 26.3 Å². The van der Waals surface area contributed by atoms with Crippen LogP contribution < -0.4 is 14.2 Å². The average molecular weight is 541 g/mol. The molecule has 0 atom stereocenters. The summed E-state index contributed by atoms with van der Waals surface area (Å²) in [7, 11) is 1.47. The number of aryl methyl sites for hydroxylation is 1. The number of esters is 3. The third-order valence-corrected chi connectivity index (χ3v) is 5.84. The second-order valence-electron chi connectivity index (χ2n) is 9.17. The van der Waals surface area contributed by atoms with Gasteiger partial charge >= 0.3 is 17.9 Å². The van der Waals surface area contributed by atoms with Gasteiger partial charge in [-0.1, -0.05) is 50.9 Å². The highest BCUT2D eigenvalue weighted by molar-refractivity contribution is 5.92. The van der Waals surface area contributed by atoms with Crippen LogP contribution >= 0.6 is 0 Å². The number of carbonyl (C=O) groups excluding carboxylic acids is 3. The van der Waals surface area contributed by atoms with Crippen molar-refractivity contribution in [1.82, 2.24) is 0 Å². The Balaban J connectivity index is 2.06. The fourth-order valence-electron chi connectivity index (χ4n) is 3.69. The number of rotatable bonds is 11. The predicted molar refractivity (Wildman–Crippen MR) is 154 cm³/mol. The number of hydrogen-bond acceptors (Lipinski definition) is 7. The van der Waals surface area contributed by atoms with E-state index in [1.807, 2.05) is 25.1 Å². The third kappa shape index (κ3) is 7.42. The molecule has 40 heavy (non-hydrogen) atoms. The molecule has 0 unspecified atom stereocenters. The van der Waals surface area contributed by atoms with Gasteiger partial charge in [0.1, 0.15) is 17.2 Å². The topological polar surface area (TPSA) is 88.1 Å². The van der Waals surface area contributed by atoms with Gasteiger partial charge in [0.15, 0.2) is 0 Å². The zero-order valence-corrected chi connectivity index (χ0v) is 23.2. The van der Waals surface area contributed by atoms with Crippen LogP contribution in [0.25, 0.3) is 22.3 Å². The van der Waals surface area contributed by atoms with Crippen molar-refractivity contribution in [2.45, 2.75) is 27.2 Å². The summed E-state index contributed by atoms with van der Waals surface area (Å²) in [6.45, 7) is 16.2. The second-order valence-corrected chi connectivity index (χ2v) is 9.17. The lowest BCUT2D eigenvalue weighted by molar-refractivity contribution is -0.131. The van der Waals surface area contributed by atoms with Gasteiger partial charge in [0.25, 0.3) is 0 Å². The van der Waals surface area contributed by atoms with Gasteiger partial charge in [-0.25, -0.2) is 14.4 Å². The quantitative estimate of drug-likeness (QED) is 0.153. The first-order chi connectivity index (χ1) is 19.0. The lowest BCUT2D eigenvalue weighted by Crippen LogP contribution is -2.14. The number of benzene rings is 3. The molecule has 0 aromatic heterocycles. The average Bonchev–Trinajstić information content (AvgIpc) is 2.93. The van der Waals surface area contributed by atoms with E-state index < -0.39 is 17.9 Å². The molecule has 0 amide bonds. The van der Waals surface area contributed by atoms with Gasteiger partial charge in [0.05, 0.1) is 12.2 Å². The van der Waals surface area contributed by atoms with Gasteiger partial charge < -0.3 is 18.9 Å². The first-order valence-corrected chi connectivity index (χ1v) is 12.6. The van der Waals surface area contributed by atoms with Crippen molar-refractivity contribution in [2.24, 2.45) is 0 Å². The van der Waals surface area contributed by atoms with Crippen molar-refractivity contribution < 1.29 is 33.3 Å². The minimum atomic E-state index is -0.618. The van der Waals surface area contributed by atoms with E-state index in [2.05, 4.69) is 19.7 Å². The van der Waals surface area contributed by atoms with Gasteiger partial charge in [0.2, 0.25) is 0 Å². The van der Waals surface area contributed by atoms with E-state index in [0.717, 1.165) is 22.3 Å². The van der Waals surface area contributed by atoms with E-state index in [-0.39, 0.29) is 12.2 Å². The van der Waals surface area contributed by atoms with E-state index in [9.17, 15) is 14.4 Å². The van der Waals surface area contributed by atoms with Crippen molar-refractivity contribution in [3.8, 4) is 39.5 Å². The predicted octanol–water partition coefficient (Wildman–Crippen LogP) is 6.65. The van der Waals surface area contributed by atoms with Crippen molar-refractivity contribution in [1.29, 1.82) is 0 Å². The molecule has 0 saturated carbocycles. The molecule has 0 N–H and O–H groups in total. The van der Waals surface area contributed by atoms with E-state index in [1.54, 1.807) is 56.3 Å². The van der Waals surface area contributed by atoms with E-state index in [0.29, 0.717) is 40.4 Å². The molecule has 0 bridgehead atoms. The molecule has 0 aliphatic carbocycles. The van der Waals surface area contributed by atoms with Crippen molar-refractivity contribution in [2.75, 3.05) is 13.7 Å². The molecule has 0 fully saturated rings. The Labute approximate surface area is 234 Å².